The second-order valence-corrected chi connectivity index (χ2v) is 5.96. The SMILES string of the molecule is COc1ccc(CC(=O)NCC2CCCCC2O)c(Cl)c1. The number of carbonyl (C=O) groups is 1. The second-order valence-electron chi connectivity index (χ2n) is 5.55. The van der Waals surface area contributed by atoms with Gasteiger partial charge in [-0.05, 0) is 30.5 Å². The lowest BCUT2D eigenvalue weighted by Gasteiger charge is -2.27. The number of halogens is 1. The number of carbonyl (C=O) groups excluding carboxylic acids is 1. The molecule has 0 saturated heterocycles. The predicted octanol–water partition coefficient (Wildman–Crippen LogP) is 2.56. The van der Waals surface area contributed by atoms with Crippen molar-refractivity contribution in [1.29, 1.82) is 0 Å². The van der Waals surface area contributed by atoms with Crippen molar-refractivity contribution in [3.05, 3.63) is 28.8 Å². The summed E-state index contributed by atoms with van der Waals surface area (Å²) in [6.45, 7) is 0.535. The Balaban J connectivity index is 1.84. The Bertz CT molecular complexity index is 492. The zero-order chi connectivity index (χ0) is 15.2. The van der Waals surface area contributed by atoms with E-state index in [4.69, 9.17) is 16.3 Å². The number of hydrogen-bond acceptors (Lipinski definition) is 3. The Labute approximate surface area is 130 Å². The highest BCUT2D eigenvalue weighted by atomic mass is 35.5. The van der Waals surface area contributed by atoms with Crippen LogP contribution in [0.1, 0.15) is 31.2 Å². The van der Waals surface area contributed by atoms with Gasteiger partial charge in [0.2, 0.25) is 5.91 Å². The first-order chi connectivity index (χ1) is 10.1. The third kappa shape index (κ3) is 4.61. The van der Waals surface area contributed by atoms with E-state index in [-0.39, 0.29) is 24.3 Å². The van der Waals surface area contributed by atoms with Crippen LogP contribution < -0.4 is 10.1 Å². The van der Waals surface area contributed by atoms with Gasteiger partial charge < -0.3 is 15.2 Å². The number of benzene rings is 1. The van der Waals surface area contributed by atoms with Gasteiger partial charge in [-0.3, -0.25) is 4.79 Å². The molecule has 1 aromatic carbocycles. The van der Waals surface area contributed by atoms with Crippen molar-refractivity contribution in [2.45, 2.75) is 38.2 Å². The van der Waals surface area contributed by atoms with Gasteiger partial charge in [-0.1, -0.05) is 30.5 Å². The molecule has 2 rings (SSSR count). The molecule has 0 aromatic heterocycles. The van der Waals surface area contributed by atoms with Crippen LogP contribution in [-0.2, 0) is 11.2 Å². The highest BCUT2D eigenvalue weighted by Gasteiger charge is 2.23. The average molecular weight is 312 g/mol. The molecule has 0 aliphatic heterocycles. The molecule has 1 aromatic rings. The van der Waals surface area contributed by atoms with Crippen molar-refractivity contribution in [2.24, 2.45) is 5.92 Å². The van der Waals surface area contributed by atoms with Crippen LogP contribution >= 0.6 is 11.6 Å². The monoisotopic (exact) mass is 311 g/mol. The molecular formula is C16H22ClNO3. The van der Waals surface area contributed by atoms with Gasteiger partial charge in [-0.15, -0.1) is 0 Å². The van der Waals surface area contributed by atoms with Crippen LogP contribution in [-0.4, -0.2) is 30.8 Å². The Hall–Kier alpha value is -1.26. The van der Waals surface area contributed by atoms with Crippen molar-refractivity contribution in [3.8, 4) is 5.75 Å². The topological polar surface area (TPSA) is 58.6 Å². The van der Waals surface area contributed by atoms with Crippen LogP contribution in [0.3, 0.4) is 0 Å². The van der Waals surface area contributed by atoms with E-state index in [1.807, 2.05) is 0 Å². The van der Waals surface area contributed by atoms with Crippen LogP contribution in [0.2, 0.25) is 5.02 Å². The minimum absolute atomic E-state index is 0.0696. The Morgan fingerprint density at radius 2 is 2.19 bits per heavy atom. The number of amides is 1. The third-order valence-corrected chi connectivity index (χ3v) is 4.39. The molecule has 1 aliphatic carbocycles. The zero-order valence-electron chi connectivity index (χ0n) is 12.3. The highest BCUT2D eigenvalue weighted by Crippen LogP contribution is 2.24. The standard InChI is InChI=1S/C16H22ClNO3/c1-21-13-7-6-11(14(17)9-13)8-16(20)18-10-12-4-2-3-5-15(12)19/h6-7,9,12,15,19H,2-5,8,10H2,1H3,(H,18,20). The molecule has 116 valence electrons. The van der Waals surface area contributed by atoms with E-state index >= 15 is 0 Å². The summed E-state index contributed by atoms with van der Waals surface area (Å²) >= 11 is 6.12. The lowest BCUT2D eigenvalue weighted by molar-refractivity contribution is -0.120. The summed E-state index contributed by atoms with van der Waals surface area (Å²) in [5.74, 6) is 0.781. The molecule has 0 spiro atoms. The van der Waals surface area contributed by atoms with Crippen LogP contribution in [0.25, 0.3) is 0 Å². The quantitative estimate of drug-likeness (QED) is 0.878. The smallest absolute Gasteiger partial charge is 0.224 e. The van der Waals surface area contributed by atoms with E-state index in [0.717, 1.165) is 31.2 Å². The lowest BCUT2D eigenvalue weighted by atomic mass is 9.86. The van der Waals surface area contributed by atoms with Crippen molar-refractivity contribution < 1.29 is 14.6 Å². The molecule has 1 aliphatic rings. The number of aliphatic hydroxyl groups is 1. The first-order valence-corrected chi connectivity index (χ1v) is 7.75. The summed E-state index contributed by atoms with van der Waals surface area (Å²) < 4.78 is 5.08. The number of nitrogens with one attached hydrogen (secondary N) is 1. The van der Waals surface area contributed by atoms with E-state index in [1.165, 1.54) is 0 Å². The van der Waals surface area contributed by atoms with Crippen LogP contribution in [0.15, 0.2) is 18.2 Å². The van der Waals surface area contributed by atoms with Crippen molar-refractivity contribution in [3.63, 3.8) is 0 Å². The highest BCUT2D eigenvalue weighted by molar-refractivity contribution is 6.31. The third-order valence-electron chi connectivity index (χ3n) is 4.04. The number of rotatable bonds is 5. The largest absolute Gasteiger partial charge is 0.497 e. The molecule has 0 heterocycles. The summed E-state index contributed by atoms with van der Waals surface area (Å²) in [5.41, 5.74) is 0.777. The van der Waals surface area contributed by atoms with E-state index < -0.39 is 0 Å². The molecule has 1 fully saturated rings. The van der Waals surface area contributed by atoms with Gasteiger partial charge in [0.05, 0.1) is 19.6 Å². The summed E-state index contributed by atoms with van der Waals surface area (Å²) in [5, 5.41) is 13.3. The summed E-state index contributed by atoms with van der Waals surface area (Å²) in [4.78, 5) is 12.0. The van der Waals surface area contributed by atoms with E-state index in [2.05, 4.69) is 5.32 Å². The van der Waals surface area contributed by atoms with E-state index in [9.17, 15) is 9.90 Å². The Morgan fingerprint density at radius 1 is 1.43 bits per heavy atom. The van der Waals surface area contributed by atoms with E-state index in [0.29, 0.717) is 17.3 Å². The maximum absolute atomic E-state index is 12.0. The fourth-order valence-corrected chi connectivity index (χ4v) is 2.94. The van der Waals surface area contributed by atoms with Gasteiger partial charge in [-0.25, -0.2) is 0 Å². The molecule has 0 radical (unpaired) electrons. The maximum Gasteiger partial charge on any atom is 0.224 e. The minimum atomic E-state index is -0.288. The summed E-state index contributed by atoms with van der Waals surface area (Å²) in [7, 11) is 1.58. The molecule has 1 amide bonds. The minimum Gasteiger partial charge on any atom is -0.497 e. The molecule has 2 N–H and O–H groups in total. The van der Waals surface area contributed by atoms with Crippen molar-refractivity contribution in [1.82, 2.24) is 5.32 Å². The van der Waals surface area contributed by atoms with Crippen molar-refractivity contribution >= 4 is 17.5 Å². The molecule has 4 nitrogen and oxygen atoms in total. The van der Waals surface area contributed by atoms with Gasteiger partial charge in [0.1, 0.15) is 5.75 Å². The van der Waals surface area contributed by atoms with Gasteiger partial charge in [0.25, 0.3) is 0 Å². The lowest BCUT2D eigenvalue weighted by Crippen LogP contribution is -2.37. The van der Waals surface area contributed by atoms with Gasteiger partial charge >= 0.3 is 0 Å². The van der Waals surface area contributed by atoms with Gasteiger partial charge in [0, 0.05) is 17.5 Å². The van der Waals surface area contributed by atoms with Crippen LogP contribution in [0.4, 0.5) is 0 Å². The average Bonchev–Trinajstić information content (AvgIpc) is 2.48. The fourth-order valence-electron chi connectivity index (χ4n) is 2.70. The Kier molecular flexibility index (Phi) is 5.88. The Morgan fingerprint density at radius 3 is 2.86 bits per heavy atom. The molecule has 0 bridgehead atoms. The summed E-state index contributed by atoms with van der Waals surface area (Å²) in [6, 6.07) is 5.30. The molecule has 2 unspecified atom stereocenters. The molecule has 21 heavy (non-hydrogen) atoms. The first kappa shape index (κ1) is 16.1. The number of methoxy groups -OCH3 is 1. The maximum atomic E-state index is 12.0. The molecule has 5 heteroatoms. The van der Waals surface area contributed by atoms with E-state index in [1.54, 1.807) is 25.3 Å². The zero-order valence-corrected chi connectivity index (χ0v) is 13.0. The predicted molar refractivity (Wildman–Crippen MR) is 82.7 cm³/mol. The number of aliphatic hydroxyl groups excluding tert-OH is 1. The fraction of sp³-hybridized carbons (Fsp3) is 0.562. The molecular weight excluding hydrogens is 290 g/mol. The first-order valence-electron chi connectivity index (χ1n) is 7.37. The normalized spacial score (nSPS) is 21.9. The number of hydrogen-bond donors (Lipinski definition) is 2. The van der Waals surface area contributed by atoms with Crippen LogP contribution in [0.5, 0.6) is 5.75 Å². The van der Waals surface area contributed by atoms with Crippen molar-refractivity contribution in [2.75, 3.05) is 13.7 Å². The van der Waals surface area contributed by atoms with Gasteiger partial charge in [-0.2, -0.15) is 0 Å². The number of ether oxygens (including phenoxy) is 1. The second kappa shape index (κ2) is 7.66. The molecule has 1 saturated carbocycles. The summed E-state index contributed by atoms with van der Waals surface area (Å²) in [6.07, 6.45) is 3.97. The van der Waals surface area contributed by atoms with Crippen LogP contribution in [0, 0.1) is 5.92 Å². The van der Waals surface area contributed by atoms with Gasteiger partial charge in [0.15, 0.2) is 0 Å². The molecule has 2 atom stereocenters.